The molecule has 0 radical (unpaired) electrons. The molecule has 4 rings (SSSR count). The molecule has 0 unspecified atom stereocenters. The molecule has 2 heterocycles. The zero-order valence-corrected chi connectivity index (χ0v) is 19.2. The summed E-state index contributed by atoms with van der Waals surface area (Å²) in [5, 5.41) is 4.31. The van der Waals surface area contributed by atoms with Crippen LogP contribution in [0.4, 0.5) is 5.69 Å². The molecule has 1 amide bonds. The van der Waals surface area contributed by atoms with Gasteiger partial charge in [0.25, 0.3) is 5.91 Å². The van der Waals surface area contributed by atoms with Crippen LogP contribution in [0.3, 0.4) is 0 Å². The van der Waals surface area contributed by atoms with Crippen molar-refractivity contribution in [2.24, 2.45) is 0 Å². The van der Waals surface area contributed by atoms with Gasteiger partial charge >= 0.3 is 5.97 Å². The molecule has 0 spiro atoms. The van der Waals surface area contributed by atoms with Gasteiger partial charge in [0, 0.05) is 43.5 Å². The first-order valence-corrected chi connectivity index (χ1v) is 11.0. The molecule has 0 aliphatic carbocycles. The summed E-state index contributed by atoms with van der Waals surface area (Å²) in [5.74, 6) is 0.449. The van der Waals surface area contributed by atoms with Crippen LogP contribution in [0.25, 0.3) is 5.69 Å². The Hall–Kier alpha value is -3.81. The molecule has 8 heteroatoms. The second-order valence-corrected chi connectivity index (χ2v) is 7.80. The molecule has 172 valence electrons. The summed E-state index contributed by atoms with van der Waals surface area (Å²) >= 11 is 0. The molecule has 1 saturated heterocycles. The number of rotatable bonds is 6. The Kier molecular flexibility index (Phi) is 6.63. The first kappa shape index (κ1) is 22.4. The Bertz CT molecular complexity index is 1130. The quantitative estimate of drug-likeness (QED) is 0.539. The second kappa shape index (κ2) is 9.77. The van der Waals surface area contributed by atoms with E-state index in [1.807, 2.05) is 42.2 Å². The second-order valence-electron chi connectivity index (χ2n) is 7.80. The molecule has 0 bridgehead atoms. The number of hydrogen-bond donors (Lipinski definition) is 0. The molecular weight excluding hydrogens is 420 g/mol. The predicted octanol–water partition coefficient (Wildman–Crippen LogP) is 3.33. The van der Waals surface area contributed by atoms with Crippen molar-refractivity contribution in [2.75, 3.05) is 44.8 Å². The van der Waals surface area contributed by atoms with Gasteiger partial charge in [-0.05, 0) is 50.2 Å². The predicted molar refractivity (Wildman–Crippen MR) is 125 cm³/mol. The number of aromatic nitrogens is 2. The van der Waals surface area contributed by atoms with Crippen LogP contribution in [-0.2, 0) is 4.74 Å². The molecule has 1 aliphatic heterocycles. The number of hydrogen-bond acceptors (Lipinski definition) is 6. The summed E-state index contributed by atoms with van der Waals surface area (Å²) in [7, 11) is 1.66. The van der Waals surface area contributed by atoms with E-state index in [4.69, 9.17) is 9.47 Å². The smallest absolute Gasteiger partial charge is 0.341 e. The monoisotopic (exact) mass is 448 g/mol. The van der Waals surface area contributed by atoms with Crippen molar-refractivity contribution in [3.8, 4) is 11.4 Å². The van der Waals surface area contributed by atoms with Crippen LogP contribution in [0.15, 0.2) is 54.7 Å². The molecule has 1 aromatic heterocycles. The minimum atomic E-state index is -0.388. The molecule has 8 nitrogen and oxygen atoms in total. The number of esters is 1. The molecule has 2 aromatic carbocycles. The van der Waals surface area contributed by atoms with Gasteiger partial charge in [-0.25, -0.2) is 9.48 Å². The average Bonchev–Trinajstić information content (AvgIpc) is 3.25. The van der Waals surface area contributed by atoms with E-state index in [0.717, 1.165) is 30.2 Å². The van der Waals surface area contributed by atoms with Gasteiger partial charge in [0.05, 0.1) is 31.3 Å². The fourth-order valence-corrected chi connectivity index (χ4v) is 3.98. The number of anilines is 1. The van der Waals surface area contributed by atoms with Crippen LogP contribution in [0, 0.1) is 6.92 Å². The maximum absolute atomic E-state index is 13.0. The number of methoxy groups -OCH3 is 1. The van der Waals surface area contributed by atoms with E-state index in [1.54, 1.807) is 30.8 Å². The van der Waals surface area contributed by atoms with Crippen molar-refractivity contribution in [1.29, 1.82) is 0 Å². The molecular formula is C25H28N4O4. The van der Waals surface area contributed by atoms with E-state index in [2.05, 4.69) is 16.1 Å². The van der Waals surface area contributed by atoms with Crippen LogP contribution >= 0.6 is 0 Å². The lowest BCUT2D eigenvalue weighted by atomic mass is 10.1. The lowest BCUT2D eigenvalue weighted by molar-refractivity contribution is 0.0525. The van der Waals surface area contributed by atoms with Crippen molar-refractivity contribution in [1.82, 2.24) is 14.7 Å². The third kappa shape index (κ3) is 4.69. The summed E-state index contributed by atoms with van der Waals surface area (Å²) in [5.41, 5.74) is 3.64. The first-order chi connectivity index (χ1) is 16.0. The maximum Gasteiger partial charge on any atom is 0.341 e. The summed E-state index contributed by atoms with van der Waals surface area (Å²) in [6.07, 6.45) is 1.51. The molecule has 0 atom stereocenters. The molecule has 1 aliphatic rings. The highest BCUT2D eigenvalue weighted by Gasteiger charge is 2.23. The average molecular weight is 449 g/mol. The van der Waals surface area contributed by atoms with Crippen LogP contribution in [-0.4, -0.2) is 66.5 Å². The van der Waals surface area contributed by atoms with Crippen molar-refractivity contribution in [3.63, 3.8) is 0 Å². The van der Waals surface area contributed by atoms with Crippen molar-refractivity contribution in [2.45, 2.75) is 13.8 Å². The van der Waals surface area contributed by atoms with Gasteiger partial charge in [-0.15, -0.1) is 0 Å². The topological polar surface area (TPSA) is 76.9 Å². The molecule has 1 fully saturated rings. The molecule has 3 aromatic rings. The Balaban J connectivity index is 1.41. The minimum absolute atomic E-state index is 0.0104. The van der Waals surface area contributed by atoms with Crippen LogP contribution in [0.5, 0.6) is 5.75 Å². The molecule has 0 saturated carbocycles. The van der Waals surface area contributed by atoms with Gasteiger partial charge in [-0.1, -0.05) is 6.07 Å². The zero-order valence-electron chi connectivity index (χ0n) is 19.2. The third-order valence-electron chi connectivity index (χ3n) is 5.85. The number of nitrogens with zero attached hydrogens (tertiary/aromatic N) is 4. The standard InChI is InChI=1S/C25H28N4O4/c1-4-33-25(31)23-17-26-29(18(23)2)20-10-8-19(9-11-20)24(30)28-14-12-27(13-15-28)21-6-5-7-22(16-21)32-3/h5-11,16-17H,4,12-15H2,1-3H3. The van der Waals surface area contributed by atoms with Crippen molar-refractivity contribution in [3.05, 3.63) is 71.5 Å². The Morgan fingerprint density at radius 3 is 2.39 bits per heavy atom. The van der Waals surface area contributed by atoms with E-state index >= 15 is 0 Å². The minimum Gasteiger partial charge on any atom is -0.497 e. The summed E-state index contributed by atoms with van der Waals surface area (Å²) in [4.78, 5) is 29.2. The first-order valence-electron chi connectivity index (χ1n) is 11.0. The Morgan fingerprint density at radius 1 is 1.00 bits per heavy atom. The highest BCUT2D eigenvalue weighted by molar-refractivity contribution is 5.94. The van der Waals surface area contributed by atoms with Gasteiger partial charge < -0.3 is 19.3 Å². The lowest BCUT2D eigenvalue weighted by Gasteiger charge is -2.36. The van der Waals surface area contributed by atoms with E-state index in [-0.39, 0.29) is 11.9 Å². The van der Waals surface area contributed by atoms with Crippen molar-refractivity contribution >= 4 is 17.6 Å². The van der Waals surface area contributed by atoms with Gasteiger partial charge in [0.15, 0.2) is 0 Å². The van der Waals surface area contributed by atoms with E-state index < -0.39 is 0 Å². The van der Waals surface area contributed by atoms with Crippen LogP contribution < -0.4 is 9.64 Å². The van der Waals surface area contributed by atoms with Crippen molar-refractivity contribution < 1.29 is 19.1 Å². The highest BCUT2D eigenvalue weighted by atomic mass is 16.5. The van der Waals surface area contributed by atoms with Gasteiger partial charge in [0.1, 0.15) is 11.3 Å². The number of piperazine rings is 1. The van der Waals surface area contributed by atoms with Crippen LogP contribution in [0.1, 0.15) is 33.3 Å². The molecule has 0 N–H and O–H groups in total. The van der Waals surface area contributed by atoms with Gasteiger partial charge in [0.2, 0.25) is 0 Å². The largest absolute Gasteiger partial charge is 0.497 e. The fraction of sp³-hybridized carbons (Fsp3) is 0.320. The summed E-state index contributed by atoms with van der Waals surface area (Å²) < 4.78 is 12.1. The summed E-state index contributed by atoms with van der Waals surface area (Å²) in [6, 6.07) is 15.3. The van der Waals surface area contributed by atoms with E-state index in [1.165, 1.54) is 6.20 Å². The van der Waals surface area contributed by atoms with Gasteiger partial charge in [-0.3, -0.25) is 4.79 Å². The summed E-state index contributed by atoms with van der Waals surface area (Å²) in [6.45, 7) is 6.73. The van der Waals surface area contributed by atoms with E-state index in [9.17, 15) is 9.59 Å². The normalized spacial score (nSPS) is 13.7. The number of carbonyl (C=O) groups excluding carboxylic acids is 2. The Morgan fingerprint density at radius 2 is 1.73 bits per heavy atom. The Labute approximate surface area is 193 Å². The number of benzene rings is 2. The van der Waals surface area contributed by atoms with E-state index in [0.29, 0.717) is 36.5 Å². The maximum atomic E-state index is 13.0. The number of carbonyl (C=O) groups is 2. The lowest BCUT2D eigenvalue weighted by Crippen LogP contribution is -2.48. The number of ether oxygens (including phenoxy) is 2. The zero-order chi connectivity index (χ0) is 23.4. The van der Waals surface area contributed by atoms with Gasteiger partial charge in [-0.2, -0.15) is 5.10 Å². The molecule has 33 heavy (non-hydrogen) atoms. The number of amides is 1. The highest BCUT2D eigenvalue weighted by Crippen LogP contribution is 2.23. The van der Waals surface area contributed by atoms with Crippen LogP contribution in [0.2, 0.25) is 0 Å². The SMILES string of the molecule is CCOC(=O)c1cnn(-c2ccc(C(=O)N3CCN(c4cccc(OC)c4)CC3)cc2)c1C. The fourth-order valence-electron chi connectivity index (χ4n) is 3.98. The third-order valence-corrected chi connectivity index (χ3v) is 5.85.